The molecule has 3 heterocycles. The van der Waals surface area contributed by atoms with Gasteiger partial charge < -0.3 is 0 Å². The number of aliphatic hydroxyl groups is 1. The molecule has 0 saturated carbocycles. The van der Waals surface area contributed by atoms with Crippen LogP contribution in [0.3, 0.4) is 0 Å². The molecule has 0 aliphatic rings. The van der Waals surface area contributed by atoms with Gasteiger partial charge in [-0.25, -0.2) is 0 Å². The van der Waals surface area contributed by atoms with E-state index in [1.165, 1.54) is 25.7 Å². The Morgan fingerprint density at radius 2 is 1.89 bits per heavy atom. The van der Waals surface area contributed by atoms with E-state index in [1.54, 1.807) is 17.1 Å². The Morgan fingerprint density at radius 1 is 1.14 bits per heavy atom. The van der Waals surface area contributed by atoms with Crippen LogP contribution in [0.2, 0.25) is 5.02 Å². The maximum atomic E-state index is 13.4. The number of fused-ring (bicyclic) bond motifs is 1. The second-order valence-corrected chi connectivity index (χ2v) is 9.88. The minimum absolute atomic E-state index is 0.00869. The van der Waals surface area contributed by atoms with Gasteiger partial charge in [0.05, 0.1) is 0 Å². The van der Waals surface area contributed by atoms with Crippen LogP contribution in [-0.2, 0) is 13.1 Å². The van der Waals surface area contributed by atoms with Gasteiger partial charge in [-0.05, 0) is 0 Å². The molecular formula is C22H19ClF3IN5O5-. The Morgan fingerprint density at radius 3 is 2.54 bits per heavy atom. The third-order valence-electron chi connectivity index (χ3n) is 5.01. The number of hydrogen-bond acceptors (Lipinski definition) is 7. The van der Waals surface area contributed by atoms with Gasteiger partial charge in [0, 0.05) is 0 Å². The topological polar surface area (TPSA) is 113 Å². The Hall–Kier alpha value is -3.11. The van der Waals surface area contributed by atoms with Gasteiger partial charge in [0.2, 0.25) is 0 Å². The number of halogens is 5. The third-order valence-corrected chi connectivity index (χ3v) is 7.07. The fraction of sp³-hybridized carbons (Fsp3) is 0.273. The van der Waals surface area contributed by atoms with Crippen molar-refractivity contribution in [2.45, 2.75) is 25.9 Å². The molecular weight excluding hydrogens is 634 g/mol. The zero-order valence-electron chi connectivity index (χ0n) is 19.1. The number of aromatic nitrogens is 5. The van der Waals surface area contributed by atoms with Gasteiger partial charge >= 0.3 is 223 Å². The Labute approximate surface area is 222 Å². The van der Waals surface area contributed by atoms with Crippen molar-refractivity contribution in [1.82, 2.24) is 21.9 Å². The molecule has 10 nitrogen and oxygen atoms in total. The summed E-state index contributed by atoms with van der Waals surface area (Å²) in [4.78, 5) is 36.9. The summed E-state index contributed by atoms with van der Waals surface area (Å²) >= 11 is 5.00. The van der Waals surface area contributed by atoms with Gasteiger partial charge in [-0.15, -0.1) is 0 Å². The van der Waals surface area contributed by atoms with Crippen LogP contribution in [-0.4, -0.2) is 44.9 Å². The van der Waals surface area contributed by atoms with E-state index in [-0.39, 0.29) is 49.0 Å². The molecule has 4 aromatic rings. The summed E-state index contributed by atoms with van der Waals surface area (Å²) in [5, 5.41) is 9.62. The van der Waals surface area contributed by atoms with Crippen LogP contribution in [0, 0.1) is 0 Å². The first-order chi connectivity index (χ1) is 17.6. The number of imidazole rings is 1. The molecule has 0 fully saturated rings. The molecule has 4 rings (SSSR count). The number of rotatable bonds is 9. The Kier molecular flexibility index (Phi) is 8.08. The molecule has 37 heavy (non-hydrogen) atoms. The summed E-state index contributed by atoms with van der Waals surface area (Å²) in [5.74, 6) is -0.544. The molecule has 0 radical (unpaired) electrons. The average molecular weight is 653 g/mol. The molecule has 0 unspecified atom stereocenters. The van der Waals surface area contributed by atoms with E-state index in [0.29, 0.717) is 10.7 Å². The second-order valence-electron chi connectivity index (χ2n) is 7.51. The Balaban J connectivity index is 1.90. The molecule has 0 aliphatic heterocycles. The van der Waals surface area contributed by atoms with E-state index in [1.807, 2.05) is 0 Å². The molecule has 0 amide bonds. The van der Waals surface area contributed by atoms with E-state index in [9.17, 15) is 27.9 Å². The van der Waals surface area contributed by atoms with Crippen LogP contribution < -0.4 is 42.2 Å². The van der Waals surface area contributed by atoms with Crippen molar-refractivity contribution in [2.24, 2.45) is 0 Å². The van der Waals surface area contributed by atoms with E-state index in [4.69, 9.17) is 16.3 Å². The van der Waals surface area contributed by atoms with Gasteiger partial charge in [0.1, 0.15) is 0 Å². The summed E-state index contributed by atoms with van der Waals surface area (Å²) in [5.41, 5.74) is -0.603. The van der Waals surface area contributed by atoms with Crippen LogP contribution in [0.4, 0.5) is 13.2 Å². The van der Waals surface area contributed by atoms with Crippen molar-refractivity contribution in [2.75, 3.05) is 11.5 Å². The van der Waals surface area contributed by atoms with Crippen LogP contribution in [0.15, 0.2) is 52.2 Å². The summed E-state index contributed by atoms with van der Waals surface area (Å²) in [6, 6.07) is 7.93. The van der Waals surface area contributed by atoms with E-state index >= 15 is 0 Å². The van der Waals surface area contributed by atoms with Crippen molar-refractivity contribution >= 4 is 22.8 Å². The fourth-order valence-electron chi connectivity index (χ4n) is 3.48. The van der Waals surface area contributed by atoms with E-state index < -0.39 is 44.8 Å². The molecule has 0 saturated heterocycles. The molecule has 0 aliphatic carbocycles. The Bertz CT molecular complexity index is 1540. The van der Waals surface area contributed by atoms with Gasteiger partial charge in [-0.1, -0.05) is 0 Å². The standard InChI is InChI=1S/C22H19ClF3IN5O5/c1-27-32-18-17(19(34)30(21(32)35)8-3-9-33)31(12-14-7-6-13(23)11-28-14)20(29-18)36-15-4-2-5-16(10-15)37-22(24,25)26/h2,4-7,10-11,33H,3,8-9,12H2,1H3/q-1. The number of aliphatic hydroxyl groups excluding tert-OH is 1. The zero-order chi connectivity index (χ0) is 26.7. The maximum absolute atomic E-state index is 13.4. The molecule has 0 atom stereocenters. The number of hydrogen-bond donors (Lipinski definition) is 1. The predicted molar refractivity (Wildman–Crippen MR) is 123 cm³/mol. The summed E-state index contributed by atoms with van der Waals surface area (Å²) in [7, 11) is 0. The molecule has 3 aromatic heterocycles. The summed E-state index contributed by atoms with van der Waals surface area (Å²) < 4.78 is 51.6. The van der Waals surface area contributed by atoms with Crippen molar-refractivity contribution in [1.29, 1.82) is 0 Å². The van der Waals surface area contributed by atoms with Crippen molar-refractivity contribution < 1.29 is 49.2 Å². The molecule has 0 bridgehead atoms. The first-order valence-electron chi connectivity index (χ1n) is 10.6. The van der Waals surface area contributed by atoms with Crippen LogP contribution in [0.1, 0.15) is 12.1 Å². The number of nitrogens with zero attached hydrogens (tertiary/aromatic N) is 5. The molecule has 1 aromatic carbocycles. The second kappa shape index (κ2) is 11.1. The summed E-state index contributed by atoms with van der Waals surface area (Å²) in [6.45, 7) is -0.244. The molecule has 1 N–H and O–H groups in total. The van der Waals surface area contributed by atoms with Gasteiger partial charge in [-0.3, -0.25) is 0 Å². The van der Waals surface area contributed by atoms with Crippen molar-refractivity contribution in [3.8, 4) is 17.5 Å². The molecule has 15 heteroatoms. The first-order valence-corrected chi connectivity index (χ1v) is 14.1. The van der Waals surface area contributed by atoms with Crippen LogP contribution in [0.25, 0.3) is 11.2 Å². The molecule has 198 valence electrons. The predicted octanol–water partition coefficient (Wildman–Crippen LogP) is 0.0116. The quantitative estimate of drug-likeness (QED) is 0.200. The fourth-order valence-corrected chi connectivity index (χ4v) is 5.06. The average Bonchev–Trinajstić information content (AvgIpc) is 3.17. The van der Waals surface area contributed by atoms with E-state index in [0.717, 1.165) is 16.7 Å². The van der Waals surface area contributed by atoms with Gasteiger partial charge in [0.15, 0.2) is 0 Å². The summed E-state index contributed by atoms with van der Waals surface area (Å²) in [6.07, 6.45) is -3.29. The number of ether oxygens (including phenoxy) is 2. The van der Waals surface area contributed by atoms with Crippen LogP contribution >= 0.6 is 11.6 Å². The third kappa shape index (κ3) is 6.07. The SMILES string of the molecule is C[I-]n1c(=O)n(CCCO)c(=O)c2c1nc(Oc1cccc(OC(F)(F)F)c1)n2Cc1ccc(Cl)cn1. The van der Waals surface area contributed by atoms with Crippen LogP contribution in [0.5, 0.6) is 17.5 Å². The number of alkyl halides is 4. The first kappa shape index (κ1) is 26.9. The van der Waals surface area contributed by atoms with Gasteiger partial charge in [0.25, 0.3) is 0 Å². The van der Waals surface area contributed by atoms with Gasteiger partial charge in [-0.2, -0.15) is 0 Å². The van der Waals surface area contributed by atoms with Crippen molar-refractivity contribution in [3.63, 3.8) is 0 Å². The monoisotopic (exact) mass is 652 g/mol. The molecule has 0 spiro atoms. The zero-order valence-corrected chi connectivity index (χ0v) is 22.0. The van der Waals surface area contributed by atoms with Crippen molar-refractivity contribution in [3.05, 3.63) is 74.1 Å². The number of pyridine rings is 1. The minimum atomic E-state index is -4.90. The van der Waals surface area contributed by atoms with E-state index in [2.05, 4.69) is 14.7 Å². The normalized spacial score (nSPS) is 11.8. The number of benzene rings is 1.